The molecular formula is C11H13NO3. The van der Waals surface area contributed by atoms with Crippen molar-refractivity contribution in [2.24, 2.45) is 5.92 Å². The van der Waals surface area contributed by atoms with E-state index in [0.717, 1.165) is 0 Å². The Morgan fingerprint density at radius 3 is 3.00 bits per heavy atom. The van der Waals surface area contributed by atoms with Gasteiger partial charge in [-0.2, -0.15) is 0 Å². The van der Waals surface area contributed by atoms with Crippen LogP contribution in [0.1, 0.15) is 29.6 Å². The Morgan fingerprint density at radius 1 is 1.60 bits per heavy atom. The van der Waals surface area contributed by atoms with E-state index in [2.05, 4.69) is 4.98 Å². The number of rotatable bonds is 4. The van der Waals surface area contributed by atoms with Gasteiger partial charge in [-0.25, -0.2) is 4.79 Å². The fraction of sp³-hybridized carbons (Fsp3) is 0.455. The molecule has 1 aromatic heterocycles. The SMILES string of the molecule is O=C(O)c1ccncc1OCC1CCC1. The summed E-state index contributed by atoms with van der Waals surface area (Å²) in [7, 11) is 0. The highest BCUT2D eigenvalue weighted by Crippen LogP contribution is 2.27. The predicted octanol–water partition coefficient (Wildman–Crippen LogP) is 1.96. The van der Waals surface area contributed by atoms with Crippen molar-refractivity contribution in [3.05, 3.63) is 24.0 Å². The standard InChI is InChI=1S/C11H13NO3/c13-11(14)9-4-5-12-6-10(9)15-7-8-2-1-3-8/h4-6,8H,1-3,7H2,(H,13,14). The van der Waals surface area contributed by atoms with Crippen molar-refractivity contribution in [2.75, 3.05) is 6.61 Å². The lowest BCUT2D eigenvalue weighted by atomic mass is 9.86. The summed E-state index contributed by atoms with van der Waals surface area (Å²) in [6.07, 6.45) is 6.54. The number of pyridine rings is 1. The lowest BCUT2D eigenvalue weighted by Gasteiger charge is -2.25. The maximum Gasteiger partial charge on any atom is 0.339 e. The fourth-order valence-electron chi connectivity index (χ4n) is 1.54. The number of carbonyl (C=O) groups is 1. The summed E-state index contributed by atoms with van der Waals surface area (Å²) in [5.74, 6) is -0.00948. The molecule has 1 saturated carbocycles. The molecule has 1 aliphatic rings. The van der Waals surface area contributed by atoms with Crippen LogP contribution in [0.25, 0.3) is 0 Å². The van der Waals surface area contributed by atoms with Crippen LogP contribution in [0, 0.1) is 5.92 Å². The minimum absolute atomic E-state index is 0.185. The highest BCUT2D eigenvalue weighted by atomic mass is 16.5. The van der Waals surface area contributed by atoms with Gasteiger partial charge in [-0.1, -0.05) is 6.42 Å². The Bertz CT molecular complexity index is 361. The predicted molar refractivity (Wildman–Crippen MR) is 54.0 cm³/mol. The highest BCUT2D eigenvalue weighted by molar-refractivity contribution is 5.90. The van der Waals surface area contributed by atoms with E-state index in [4.69, 9.17) is 9.84 Å². The minimum Gasteiger partial charge on any atom is -0.491 e. The first-order chi connectivity index (χ1) is 7.27. The molecule has 0 unspecified atom stereocenters. The second-order valence-corrected chi connectivity index (χ2v) is 3.78. The Labute approximate surface area is 87.9 Å². The van der Waals surface area contributed by atoms with Crippen LogP contribution in [0.4, 0.5) is 0 Å². The summed E-state index contributed by atoms with van der Waals surface area (Å²) in [6.45, 7) is 0.603. The molecule has 2 rings (SSSR count). The molecule has 0 atom stereocenters. The molecule has 80 valence electrons. The van der Waals surface area contributed by atoms with Crippen molar-refractivity contribution >= 4 is 5.97 Å². The van der Waals surface area contributed by atoms with Crippen molar-refractivity contribution in [3.8, 4) is 5.75 Å². The monoisotopic (exact) mass is 207 g/mol. The second kappa shape index (κ2) is 4.29. The lowest BCUT2D eigenvalue weighted by molar-refractivity contribution is 0.0689. The average Bonchev–Trinajstić information content (AvgIpc) is 2.16. The number of aromatic carboxylic acids is 1. The first-order valence-corrected chi connectivity index (χ1v) is 5.07. The summed E-state index contributed by atoms with van der Waals surface area (Å²) >= 11 is 0. The van der Waals surface area contributed by atoms with Gasteiger partial charge in [-0.3, -0.25) is 4.98 Å². The van der Waals surface area contributed by atoms with E-state index < -0.39 is 5.97 Å². The van der Waals surface area contributed by atoms with Gasteiger partial charge >= 0.3 is 5.97 Å². The molecule has 1 aliphatic carbocycles. The summed E-state index contributed by atoms with van der Waals surface area (Å²) in [6, 6.07) is 1.46. The van der Waals surface area contributed by atoms with E-state index in [0.29, 0.717) is 18.3 Å². The van der Waals surface area contributed by atoms with Crippen molar-refractivity contribution < 1.29 is 14.6 Å². The van der Waals surface area contributed by atoms with Gasteiger partial charge in [-0.05, 0) is 24.8 Å². The minimum atomic E-state index is -0.971. The van der Waals surface area contributed by atoms with Gasteiger partial charge in [0.25, 0.3) is 0 Å². The Balaban J connectivity index is 2.02. The third-order valence-electron chi connectivity index (χ3n) is 2.71. The zero-order valence-corrected chi connectivity index (χ0v) is 8.35. The molecule has 0 aliphatic heterocycles. The van der Waals surface area contributed by atoms with E-state index in [1.165, 1.54) is 37.7 Å². The average molecular weight is 207 g/mol. The van der Waals surface area contributed by atoms with Gasteiger partial charge in [0, 0.05) is 6.20 Å². The van der Waals surface area contributed by atoms with Crippen LogP contribution in [0.3, 0.4) is 0 Å². The Morgan fingerprint density at radius 2 is 2.40 bits per heavy atom. The molecule has 0 spiro atoms. The van der Waals surface area contributed by atoms with Gasteiger partial charge in [0.15, 0.2) is 5.75 Å². The molecule has 4 heteroatoms. The number of carboxylic acid groups (broad SMARTS) is 1. The topological polar surface area (TPSA) is 59.4 Å². The lowest BCUT2D eigenvalue weighted by Crippen LogP contribution is -2.20. The van der Waals surface area contributed by atoms with Crippen molar-refractivity contribution in [1.29, 1.82) is 0 Å². The zero-order valence-electron chi connectivity index (χ0n) is 8.35. The largest absolute Gasteiger partial charge is 0.491 e. The van der Waals surface area contributed by atoms with Gasteiger partial charge in [0.2, 0.25) is 0 Å². The Kier molecular flexibility index (Phi) is 2.85. The van der Waals surface area contributed by atoms with Gasteiger partial charge < -0.3 is 9.84 Å². The molecule has 4 nitrogen and oxygen atoms in total. The van der Waals surface area contributed by atoms with E-state index in [-0.39, 0.29) is 5.56 Å². The maximum absolute atomic E-state index is 10.8. The molecule has 1 aromatic rings. The number of carboxylic acids is 1. The maximum atomic E-state index is 10.8. The number of ether oxygens (including phenoxy) is 1. The van der Waals surface area contributed by atoms with E-state index in [9.17, 15) is 4.79 Å². The van der Waals surface area contributed by atoms with Crippen molar-refractivity contribution in [1.82, 2.24) is 4.98 Å². The number of hydrogen-bond donors (Lipinski definition) is 1. The molecule has 0 bridgehead atoms. The number of aromatic nitrogens is 1. The molecule has 0 aromatic carbocycles. The first-order valence-electron chi connectivity index (χ1n) is 5.07. The third kappa shape index (κ3) is 2.26. The van der Waals surface area contributed by atoms with E-state index in [1.54, 1.807) is 0 Å². The molecule has 1 heterocycles. The zero-order chi connectivity index (χ0) is 10.7. The van der Waals surface area contributed by atoms with Crippen LogP contribution in [-0.2, 0) is 0 Å². The van der Waals surface area contributed by atoms with Crippen LogP contribution in [-0.4, -0.2) is 22.7 Å². The summed E-state index contributed by atoms with van der Waals surface area (Å²) in [4.78, 5) is 14.7. The second-order valence-electron chi connectivity index (χ2n) is 3.78. The molecule has 15 heavy (non-hydrogen) atoms. The molecular weight excluding hydrogens is 194 g/mol. The fourth-order valence-corrected chi connectivity index (χ4v) is 1.54. The van der Waals surface area contributed by atoms with Gasteiger partial charge in [-0.15, -0.1) is 0 Å². The summed E-state index contributed by atoms with van der Waals surface area (Å²) in [5.41, 5.74) is 0.185. The number of hydrogen-bond acceptors (Lipinski definition) is 3. The van der Waals surface area contributed by atoms with Crippen LogP contribution < -0.4 is 4.74 Å². The highest BCUT2D eigenvalue weighted by Gasteiger charge is 2.19. The summed E-state index contributed by atoms with van der Waals surface area (Å²) in [5, 5.41) is 8.89. The van der Waals surface area contributed by atoms with Gasteiger partial charge in [0.1, 0.15) is 5.56 Å². The molecule has 1 N–H and O–H groups in total. The van der Waals surface area contributed by atoms with E-state index in [1.807, 2.05) is 0 Å². The van der Waals surface area contributed by atoms with Gasteiger partial charge in [0.05, 0.1) is 12.8 Å². The molecule has 0 radical (unpaired) electrons. The van der Waals surface area contributed by atoms with Crippen LogP contribution in [0.2, 0.25) is 0 Å². The third-order valence-corrected chi connectivity index (χ3v) is 2.71. The molecule has 1 fully saturated rings. The smallest absolute Gasteiger partial charge is 0.339 e. The molecule has 0 saturated heterocycles. The summed E-state index contributed by atoms with van der Waals surface area (Å²) < 4.78 is 5.46. The van der Waals surface area contributed by atoms with Crippen molar-refractivity contribution in [2.45, 2.75) is 19.3 Å². The quantitative estimate of drug-likeness (QED) is 0.819. The van der Waals surface area contributed by atoms with E-state index >= 15 is 0 Å². The number of nitrogens with zero attached hydrogens (tertiary/aromatic N) is 1. The first kappa shape index (κ1) is 9.96. The van der Waals surface area contributed by atoms with Crippen LogP contribution >= 0.6 is 0 Å². The van der Waals surface area contributed by atoms with Crippen LogP contribution in [0.5, 0.6) is 5.75 Å². The Hall–Kier alpha value is -1.58. The normalized spacial score (nSPS) is 15.7. The van der Waals surface area contributed by atoms with Crippen LogP contribution in [0.15, 0.2) is 18.5 Å². The van der Waals surface area contributed by atoms with Crippen molar-refractivity contribution in [3.63, 3.8) is 0 Å². The molecule has 0 amide bonds.